The molecule has 0 unspecified atom stereocenters. The molecule has 0 heterocycles. The van der Waals surface area contributed by atoms with Gasteiger partial charge in [0.1, 0.15) is 0 Å². The van der Waals surface area contributed by atoms with Crippen LogP contribution in [0, 0.1) is 0 Å². The molecule has 0 aromatic carbocycles. The molecular formula is C42H82O4. The second-order valence-corrected chi connectivity index (χ2v) is 13.9. The Balaban J connectivity index is 0. The summed E-state index contributed by atoms with van der Waals surface area (Å²) in [6, 6.07) is 0. The molecule has 0 amide bonds. The number of hydrogen-bond donors (Lipinski definition) is 2. The molecule has 0 saturated carbocycles. The van der Waals surface area contributed by atoms with Crippen molar-refractivity contribution in [2.45, 2.75) is 245 Å². The Bertz CT molecular complexity index is 615. The number of carboxylic acids is 2. The van der Waals surface area contributed by atoms with Gasteiger partial charge >= 0.3 is 11.9 Å². The number of hydrogen-bond acceptors (Lipinski definition) is 2. The minimum atomic E-state index is -0.663. The third-order valence-corrected chi connectivity index (χ3v) is 9.15. The number of carbonyl (C=O) groups is 2. The van der Waals surface area contributed by atoms with Crippen molar-refractivity contribution >= 4 is 11.9 Å². The molecule has 4 nitrogen and oxygen atoms in total. The lowest BCUT2D eigenvalue weighted by Gasteiger charge is -2.03. The lowest BCUT2D eigenvalue weighted by atomic mass is 10.0. The molecule has 0 spiro atoms. The largest absolute Gasteiger partial charge is 0.481 e. The van der Waals surface area contributed by atoms with Crippen LogP contribution in [-0.4, -0.2) is 22.2 Å². The molecule has 0 rings (SSSR count). The summed E-state index contributed by atoms with van der Waals surface area (Å²) in [4.78, 5) is 20.7. The van der Waals surface area contributed by atoms with Gasteiger partial charge in [0.2, 0.25) is 0 Å². The number of aliphatic carboxylic acids is 2. The standard InChI is InChI=1S/C22H44O2.C20H38O2/c1-2-3-4-5-6-7-8-9-10-11-12-13-14-15-16-17-18-19-20-21-22(23)24;1-2-3-4-5-6-7-8-9-10-11-12-13-14-15-16-17-18-19-20(21)22/h2-21H2,1H3,(H,23,24);11-12H,2-10,13-19H2,1H3,(H,21,22)/b;12-11-. The van der Waals surface area contributed by atoms with Crippen LogP contribution >= 0.6 is 0 Å². The van der Waals surface area contributed by atoms with Gasteiger partial charge in [0.15, 0.2) is 0 Å². The van der Waals surface area contributed by atoms with Gasteiger partial charge < -0.3 is 10.2 Å². The van der Waals surface area contributed by atoms with Crippen LogP contribution in [0.4, 0.5) is 0 Å². The predicted octanol–water partition coefficient (Wildman–Crippen LogP) is 14.8. The van der Waals surface area contributed by atoms with Crippen LogP contribution in [0.1, 0.15) is 245 Å². The first-order valence-corrected chi connectivity index (χ1v) is 20.6. The summed E-state index contributed by atoms with van der Waals surface area (Å²) >= 11 is 0. The van der Waals surface area contributed by atoms with E-state index in [2.05, 4.69) is 26.0 Å². The number of carboxylic acid groups (broad SMARTS) is 2. The molecule has 0 saturated heterocycles. The maximum atomic E-state index is 10.4. The minimum Gasteiger partial charge on any atom is -0.481 e. The van der Waals surface area contributed by atoms with Crippen LogP contribution < -0.4 is 0 Å². The molecule has 4 heteroatoms. The van der Waals surface area contributed by atoms with E-state index in [9.17, 15) is 9.59 Å². The molecule has 0 aliphatic rings. The normalized spacial score (nSPS) is 11.2. The van der Waals surface area contributed by atoms with Crippen LogP contribution in [0.25, 0.3) is 0 Å². The third kappa shape index (κ3) is 49.6. The van der Waals surface area contributed by atoms with Crippen molar-refractivity contribution in [2.75, 3.05) is 0 Å². The predicted molar refractivity (Wildman–Crippen MR) is 202 cm³/mol. The zero-order valence-corrected chi connectivity index (χ0v) is 31.3. The zero-order chi connectivity index (χ0) is 34.0. The highest BCUT2D eigenvalue weighted by Crippen LogP contribution is 2.15. The summed E-state index contributed by atoms with van der Waals surface area (Å²) in [5, 5.41) is 17.1. The summed E-state index contributed by atoms with van der Waals surface area (Å²) in [6.45, 7) is 4.55. The average molecular weight is 651 g/mol. The van der Waals surface area contributed by atoms with E-state index in [-0.39, 0.29) is 0 Å². The molecule has 0 aliphatic heterocycles. The van der Waals surface area contributed by atoms with Gasteiger partial charge in [0.25, 0.3) is 0 Å². The molecule has 274 valence electrons. The molecule has 0 radical (unpaired) electrons. The van der Waals surface area contributed by atoms with Crippen LogP contribution in [-0.2, 0) is 9.59 Å². The van der Waals surface area contributed by atoms with Crippen LogP contribution in [0.15, 0.2) is 12.2 Å². The Labute approximate surface area is 288 Å². The van der Waals surface area contributed by atoms with Crippen molar-refractivity contribution in [3.05, 3.63) is 12.2 Å². The van der Waals surface area contributed by atoms with Gasteiger partial charge in [-0.2, -0.15) is 0 Å². The van der Waals surface area contributed by atoms with Crippen molar-refractivity contribution in [3.63, 3.8) is 0 Å². The van der Waals surface area contributed by atoms with E-state index in [0.29, 0.717) is 12.8 Å². The number of unbranched alkanes of at least 4 members (excludes halogenated alkanes) is 31. The van der Waals surface area contributed by atoms with Crippen molar-refractivity contribution in [3.8, 4) is 0 Å². The Kier molecular flexibility index (Phi) is 44.4. The molecule has 0 aromatic rings. The van der Waals surface area contributed by atoms with Crippen molar-refractivity contribution in [2.24, 2.45) is 0 Å². The molecule has 0 aromatic heterocycles. The topological polar surface area (TPSA) is 74.6 Å². The lowest BCUT2D eigenvalue weighted by Crippen LogP contribution is -1.93. The number of rotatable bonds is 37. The Morgan fingerprint density at radius 3 is 0.739 bits per heavy atom. The number of allylic oxidation sites excluding steroid dienone is 2. The second kappa shape index (κ2) is 43.7. The molecule has 2 N–H and O–H groups in total. The van der Waals surface area contributed by atoms with Crippen molar-refractivity contribution in [1.82, 2.24) is 0 Å². The highest BCUT2D eigenvalue weighted by atomic mass is 16.4. The first kappa shape index (κ1) is 46.8. The second-order valence-electron chi connectivity index (χ2n) is 13.9. The molecule has 0 bridgehead atoms. The highest BCUT2D eigenvalue weighted by Gasteiger charge is 1.98. The Morgan fingerprint density at radius 2 is 0.522 bits per heavy atom. The molecule has 0 atom stereocenters. The smallest absolute Gasteiger partial charge is 0.303 e. The Hall–Kier alpha value is -1.32. The van der Waals surface area contributed by atoms with Crippen molar-refractivity contribution in [1.29, 1.82) is 0 Å². The Morgan fingerprint density at radius 1 is 0.326 bits per heavy atom. The van der Waals surface area contributed by atoms with E-state index < -0.39 is 11.9 Å². The van der Waals surface area contributed by atoms with Gasteiger partial charge in [-0.25, -0.2) is 0 Å². The third-order valence-electron chi connectivity index (χ3n) is 9.15. The summed E-state index contributed by atoms with van der Waals surface area (Å²) in [6.07, 6.45) is 50.3. The fourth-order valence-corrected chi connectivity index (χ4v) is 6.06. The first-order chi connectivity index (χ1) is 22.5. The van der Waals surface area contributed by atoms with E-state index in [1.165, 1.54) is 193 Å². The van der Waals surface area contributed by atoms with E-state index in [1.54, 1.807) is 0 Å². The SMILES string of the molecule is CCCCCCCCCC/C=C\CCCCCCCC(=O)O.CCCCCCCCCCCCCCCCCCCCCC(=O)O. The summed E-state index contributed by atoms with van der Waals surface area (Å²) in [5.41, 5.74) is 0. The van der Waals surface area contributed by atoms with Gasteiger partial charge in [-0.1, -0.05) is 206 Å². The van der Waals surface area contributed by atoms with Crippen LogP contribution in [0.3, 0.4) is 0 Å². The fraction of sp³-hybridized carbons (Fsp3) is 0.905. The summed E-state index contributed by atoms with van der Waals surface area (Å²) in [7, 11) is 0. The summed E-state index contributed by atoms with van der Waals surface area (Å²) < 4.78 is 0. The lowest BCUT2D eigenvalue weighted by molar-refractivity contribution is -0.138. The fourth-order valence-electron chi connectivity index (χ4n) is 6.06. The monoisotopic (exact) mass is 651 g/mol. The van der Waals surface area contributed by atoms with Crippen LogP contribution in [0.2, 0.25) is 0 Å². The minimum absolute atomic E-state index is 0.332. The molecular weight excluding hydrogens is 568 g/mol. The van der Waals surface area contributed by atoms with Crippen molar-refractivity contribution < 1.29 is 19.8 Å². The van der Waals surface area contributed by atoms with E-state index in [0.717, 1.165) is 25.7 Å². The maximum Gasteiger partial charge on any atom is 0.303 e. The van der Waals surface area contributed by atoms with Gasteiger partial charge in [0, 0.05) is 12.8 Å². The molecule has 0 aliphatic carbocycles. The highest BCUT2D eigenvalue weighted by molar-refractivity contribution is 5.66. The quantitative estimate of drug-likeness (QED) is 0.0518. The first-order valence-electron chi connectivity index (χ1n) is 20.6. The van der Waals surface area contributed by atoms with E-state index in [1.807, 2.05) is 0 Å². The average Bonchev–Trinajstić information content (AvgIpc) is 3.03. The van der Waals surface area contributed by atoms with E-state index >= 15 is 0 Å². The van der Waals surface area contributed by atoms with E-state index in [4.69, 9.17) is 10.2 Å². The molecule has 0 fully saturated rings. The van der Waals surface area contributed by atoms with Gasteiger partial charge in [-0.3, -0.25) is 9.59 Å². The van der Waals surface area contributed by atoms with Gasteiger partial charge in [0.05, 0.1) is 0 Å². The van der Waals surface area contributed by atoms with Crippen LogP contribution in [0.5, 0.6) is 0 Å². The zero-order valence-electron chi connectivity index (χ0n) is 31.3. The van der Waals surface area contributed by atoms with Gasteiger partial charge in [-0.05, 0) is 38.5 Å². The summed E-state index contributed by atoms with van der Waals surface area (Å²) in [5.74, 6) is -1.31. The maximum absolute atomic E-state index is 10.4. The van der Waals surface area contributed by atoms with Gasteiger partial charge in [-0.15, -0.1) is 0 Å². The molecule has 46 heavy (non-hydrogen) atoms.